The molecule has 0 amide bonds. The SMILES string of the molecule is CN(Cc1ccc(F)c(F)c1)S(=O)(=O)c1cc(Cl)ccc1Cl. The molecular formula is C14H11Cl2F2NO2S. The number of sulfonamides is 1. The maximum Gasteiger partial charge on any atom is 0.244 e. The first kappa shape index (κ1) is 17.1. The molecule has 0 aliphatic rings. The minimum atomic E-state index is -3.91. The van der Waals surface area contributed by atoms with Gasteiger partial charge in [-0.1, -0.05) is 29.3 Å². The van der Waals surface area contributed by atoms with Crippen LogP contribution in [0.2, 0.25) is 10.0 Å². The zero-order chi connectivity index (χ0) is 16.5. The lowest BCUT2D eigenvalue weighted by molar-refractivity contribution is 0.462. The van der Waals surface area contributed by atoms with Gasteiger partial charge in [-0.3, -0.25) is 0 Å². The molecule has 0 saturated carbocycles. The fourth-order valence-corrected chi connectivity index (χ4v) is 3.71. The predicted molar refractivity (Wildman–Crippen MR) is 81.5 cm³/mol. The van der Waals surface area contributed by atoms with Crippen molar-refractivity contribution in [2.24, 2.45) is 0 Å². The smallest absolute Gasteiger partial charge is 0.207 e. The highest BCUT2D eigenvalue weighted by molar-refractivity contribution is 7.89. The Kier molecular flexibility index (Phi) is 5.07. The van der Waals surface area contributed by atoms with Gasteiger partial charge in [0.15, 0.2) is 11.6 Å². The van der Waals surface area contributed by atoms with Crippen molar-refractivity contribution < 1.29 is 17.2 Å². The first-order chi connectivity index (χ1) is 10.2. The quantitative estimate of drug-likeness (QED) is 0.817. The maximum absolute atomic E-state index is 13.2. The van der Waals surface area contributed by atoms with Crippen LogP contribution in [0.5, 0.6) is 0 Å². The fourth-order valence-electron chi connectivity index (χ4n) is 1.82. The minimum absolute atomic E-state index is 0.0292. The van der Waals surface area contributed by atoms with E-state index < -0.39 is 21.7 Å². The average molecular weight is 366 g/mol. The van der Waals surface area contributed by atoms with E-state index in [4.69, 9.17) is 23.2 Å². The van der Waals surface area contributed by atoms with Crippen LogP contribution in [0.15, 0.2) is 41.3 Å². The highest BCUT2D eigenvalue weighted by Gasteiger charge is 2.24. The van der Waals surface area contributed by atoms with E-state index in [1.165, 1.54) is 31.3 Å². The van der Waals surface area contributed by atoms with Crippen LogP contribution in [0, 0.1) is 11.6 Å². The Morgan fingerprint density at radius 3 is 2.36 bits per heavy atom. The molecule has 3 nitrogen and oxygen atoms in total. The molecular weight excluding hydrogens is 355 g/mol. The van der Waals surface area contributed by atoms with Crippen molar-refractivity contribution in [2.45, 2.75) is 11.4 Å². The summed E-state index contributed by atoms with van der Waals surface area (Å²) in [7, 11) is -2.60. The standard InChI is InChI=1S/C14H11Cl2F2NO2S/c1-19(8-9-2-5-12(17)13(18)6-9)22(20,21)14-7-10(15)3-4-11(14)16/h2-7H,8H2,1H3. The van der Waals surface area contributed by atoms with Crippen molar-refractivity contribution in [3.05, 3.63) is 63.6 Å². The number of hydrogen-bond donors (Lipinski definition) is 0. The summed E-state index contributed by atoms with van der Waals surface area (Å²) in [6.07, 6.45) is 0. The molecule has 0 fully saturated rings. The average Bonchev–Trinajstić information content (AvgIpc) is 2.45. The van der Waals surface area contributed by atoms with E-state index in [0.717, 1.165) is 16.4 Å². The van der Waals surface area contributed by atoms with Gasteiger partial charge in [0, 0.05) is 18.6 Å². The minimum Gasteiger partial charge on any atom is -0.207 e. The van der Waals surface area contributed by atoms with E-state index in [2.05, 4.69) is 0 Å². The third-order valence-electron chi connectivity index (χ3n) is 2.97. The Labute approximate surface area is 137 Å². The van der Waals surface area contributed by atoms with Gasteiger partial charge in [0.05, 0.1) is 5.02 Å². The summed E-state index contributed by atoms with van der Waals surface area (Å²) < 4.78 is 52.0. The van der Waals surface area contributed by atoms with E-state index >= 15 is 0 Å². The molecule has 0 bridgehead atoms. The van der Waals surface area contributed by atoms with Crippen LogP contribution in [0.25, 0.3) is 0 Å². The zero-order valence-corrected chi connectivity index (χ0v) is 13.7. The highest BCUT2D eigenvalue weighted by Crippen LogP contribution is 2.28. The van der Waals surface area contributed by atoms with E-state index in [-0.39, 0.29) is 21.5 Å². The first-order valence-corrected chi connectivity index (χ1v) is 8.27. The van der Waals surface area contributed by atoms with Crippen molar-refractivity contribution in [1.82, 2.24) is 4.31 Å². The van der Waals surface area contributed by atoms with Gasteiger partial charge in [-0.15, -0.1) is 0 Å². The number of halogens is 4. The van der Waals surface area contributed by atoms with Crippen molar-refractivity contribution in [3.8, 4) is 0 Å². The monoisotopic (exact) mass is 365 g/mol. The summed E-state index contributed by atoms with van der Waals surface area (Å²) in [6, 6.07) is 7.28. The lowest BCUT2D eigenvalue weighted by Crippen LogP contribution is -2.26. The van der Waals surface area contributed by atoms with Gasteiger partial charge in [0.2, 0.25) is 10.0 Å². The Balaban J connectivity index is 2.32. The molecule has 8 heteroatoms. The first-order valence-electron chi connectivity index (χ1n) is 6.07. The third-order valence-corrected chi connectivity index (χ3v) is 5.49. The summed E-state index contributed by atoms with van der Waals surface area (Å²) >= 11 is 11.7. The molecule has 2 aromatic rings. The van der Waals surface area contributed by atoms with Gasteiger partial charge in [0.25, 0.3) is 0 Å². The number of rotatable bonds is 4. The van der Waals surface area contributed by atoms with Crippen LogP contribution in [0.4, 0.5) is 8.78 Å². The van der Waals surface area contributed by atoms with Gasteiger partial charge in [-0.05, 0) is 35.9 Å². The van der Waals surface area contributed by atoms with Crippen LogP contribution >= 0.6 is 23.2 Å². The molecule has 0 aromatic heterocycles. The second-order valence-electron chi connectivity index (χ2n) is 4.58. The molecule has 0 aliphatic heterocycles. The van der Waals surface area contributed by atoms with Crippen molar-refractivity contribution in [2.75, 3.05) is 7.05 Å². The van der Waals surface area contributed by atoms with Crippen molar-refractivity contribution in [3.63, 3.8) is 0 Å². The Bertz CT molecular complexity index is 812. The molecule has 22 heavy (non-hydrogen) atoms. The summed E-state index contributed by atoms with van der Waals surface area (Å²) in [6.45, 7) is -0.137. The molecule has 0 atom stereocenters. The van der Waals surface area contributed by atoms with Crippen LogP contribution < -0.4 is 0 Å². The van der Waals surface area contributed by atoms with E-state index in [1.54, 1.807) is 0 Å². The maximum atomic E-state index is 13.2. The second-order valence-corrected chi connectivity index (χ2v) is 7.44. The van der Waals surface area contributed by atoms with E-state index in [1.807, 2.05) is 0 Å². The largest absolute Gasteiger partial charge is 0.244 e. The Hall–Kier alpha value is -1.21. The van der Waals surface area contributed by atoms with Gasteiger partial charge in [0.1, 0.15) is 4.90 Å². The normalized spacial score (nSPS) is 11.9. The Morgan fingerprint density at radius 2 is 1.73 bits per heavy atom. The number of hydrogen-bond acceptors (Lipinski definition) is 2. The number of nitrogens with zero attached hydrogens (tertiary/aromatic N) is 1. The molecule has 0 unspecified atom stereocenters. The lowest BCUT2D eigenvalue weighted by atomic mass is 10.2. The molecule has 0 N–H and O–H groups in total. The van der Waals surface area contributed by atoms with Gasteiger partial charge >= 0.3 is 0 Å². The van der Waals surface area contributed by atoms with Crippen LogP contribution in [0.1, 0.15) is 5.56 Å². The molecule has 118 valence electrons. The number of benzene rings is 2. The van der Waals surface area contributed by atoms with Gasteiger partial charge < -0.3 is 0 Å². The fraction of sp³-hybridized carbons (Fsp3) is 0.143. The summed E-state index contributed by atoms with van der Waals surface area (Å²) in [5.74, 6) is -2.03. The zero-order valence-electron chi connectivity index (χ0n) is 11.4. The van der Waals surface area contributed by atoms with Crippen molar-refractivity contribution in [1.29, 1.82) is 0 Å². The highest BCUT2D eigenvalue weighted by atomic mass is 35.5. The summed E-state index contributed by atoms with van der Waals surface area (Å²) in [5, 5.41) is 0.255. The Morgan fingerprint density at radius 1 is 1.05 bits per heavy atom. The third kappa shape index (κ3) is 3.57. The van der Waals surface area contributed by atoms with E-state index in [0.29, 0.717) is 5.56 Å². The van der Waals surface area contributed by atoms with Crippen LogP contribution in [-0.4, -0.2) is 19.8 Å². The summed E-state index contributed by atoms with van der Waals surface area (Å²) in [5.41, 5.74) is 0.308. The molecule has 2 aromatic carbocycles. The summed E-state index contributed by atoms with van der Waals surface area (Å²) in [4.78, 5) is -0.147. The van der Waals surface area contributed by atoms with Gasteiger partial charge in [-0.2, -0.15) is 4.31 Å². The molecule has 0 aliphatic carbocycles. The van der Waals surface area contributed by atoms with E-state index in [9.17, 15) is 17.2 Å². The lowest BCUT2D eigenvalue weighted by Gasteiger charge is -2.18. The molecule has 0 saturated heterocycles. The van der Waals surface area contributed by atoms with Crippen molar-refractivity contribution >= 4 is 33.2 Å². The molecule has 0 heterocycles. The van der Waals surface area contributed by atoms with Crippen LogP contribution in [-0.2, 0) is 16.6 Å². The van der Waals surface area contributed by atoms with Crippen LogP contribution in [0.3, 0.4) is 0 Å². The molecule has 0 radical (unpaired) electrons. The molecule has 0 spiro atoms. The molecule has 2 rings (SSSR count). The topological polar surface area (TPSA) is 37.4 Å². The van der Waals surface area contributed by atoms with Gasteiger partial charge in [-0.25, -0.2) is 17.2 Å². The predicted octanol–water partition coefficient (Wildman–Crippen LogP) is 4.09. The second kappa shape index (κ2) is 6.50.